The summed E-state index contributed by atoms with van der Waals surface area (Å²) in [6.45, 7) is 6.22. The smallest absolute Gasteiger partial charge is 0.128 e. The number of benzene rings is 1. The molecule has 0 aliphatic carbocycles. The lowest BCUT2D eigenvalue weighted by Crippen LogP contribution is -2.30. The number of ether oxygens (including phenoxy) is 1. The molecule has 1 aromatic carbocycles. The minimum absolute atomic E-state index is 0.171. The van der Waals surface area contributed by atoms with Crippen molar-refractivity contribution in [2.75, 3.05) is 5.73 Å². The zero-order chi connectivity index (χ0) is 11.1. The molecule has 1 heterocycles. The summed E-state index contributed by atoms with van der Waals surface area (Å²) < 4.78 is 5.96. The monoisotopic (exact) mass is 203 g/mol. The number of anilines is 1. The number of nitrogens with two attached hydrogens (primary N) is 1. The molecule has 0 saturated heterocycles. The maximum atomic E-state index is 5.96. The topological polar surface area (TPSA) is 35.2 Å². The van der Waals surface area contributed by atoms with Crippen LogP contribution in [0.15, 0.2) is 18.2 Å². The van der Waals surface area contributed by atoms with E-state index >= 15 is 0 Å². The third-order valence-electron chi connectivity index (χ3n) is 3.06. The van der Waals surface area contributed by atoms with Gasteiger partial charge < -0.3 is 10.5 Å². The zero-order valence-electron chi connectivity index (χ0n) is 9.50. The molecule has 0 spiro atoms. The molecule has 2 nitrogen and oxygen atoms in total. The van der Waals surface area contributed by atoms with E-state index in [9.17, 15) is 0 Å². The predicted octanol–water partition coefficient (Wildman–Crippen LogP) is 3.15. The van der Waals surface area contributed by atoms with Crippen molar-refractivity contribution < 1.29 is 4.74 Å². The highest BCUT2D eigenvalue weighted by Gasteiger charge is 2.25. The standard InChI is InChI=1S/C13H17NO/c1-4-13(3)6-5-10-8-11(14)9(2)7-12(10)15-13/h5-8H,4,14H2,1-3H3. The van der Waals surface area contributed by atoms with Crippen molar-refractivity contribution in [2.45, 2.75) is 32.8 Å². The largest absolute Gasteiger partial charge is 0.483 e. The van der Waals surface area contributed by atoms with E-state index in [2.05, 4.69) is 26.0 Å². The summed E-state index contributed by atoms with van der Waals surface area (Å²) in [4.78, 5) is 0. The molecule has 0 radical (unpaired) electrons. The highest BCUT2D eigenvalue weighted by atomic mass is 16.5. The van der Waals surface area contributed by atoms with Gasteiger partial charge >= 0.3 is 0 Å². The summed E-state index contributed by atoms with van der Waals surface area (Å²) in [7, 11) is 0. The lowest BCUT2D eigenvalue weighted by Gasteiger charge is -2.31. The van der Waals surface area contributed by atoms with Crippen LogP contribution < -0.4 is 10.5 Å². The molecule has 1 unspecified atom stereocenters. The van der Waals surface area contributed by atoms with Crippen LogP contribution >= 0.6 is 0 Å². The maximum absolute atomic E-state index is 5.96. The summed E-state index contributed by atoms with van der Waals surface area (Å²) >= 11 is 0. The van der Waals surface area contributed by atoms with Crippen LogP contribution in [0.4, 0.5) is 5.69 Å². The number of hydrogen-bond acceptors (Lipinski definition) is 2. The van der Waals surface area contributed by atoms with Crippen molar-refractivity contribution in [1.29, 1.82) is 0 Å². The summed E-state index contributed by atoms with van der Waals surface area (Å²) in [5.74, 6) is 0.938. The Morgan fingerprint density at radius 3 is 2.80 bits per heavy atom. The van der Waals surface area contributed by atoms with E-state index in [1.807, 2.05) is 19.1 Å². The number of hydrogen-bond donors (Lipinski definition) is 1. The highest BCUT2D eigenvalue weighted by molar-refractivity contribution is 5.67. The molecule has 2 rings (SSSR count). The van der Waals surface area contributed by atoms with Gasteiger partial charge in [-0.1, -0.05) is 13.0 Å². The third-order valence-corrected chi connectivity index (χ3v) is 3.06. The van der Waals surface area contributed by atoms with Gasteiger partial charge in [0.2, 0.25) is 0 Å². The fourth-order valence-electron chi connectivity index (χ4n) is 1.68. The molecule has 15 heavy (non-hydrogen) atoms. The Kier molecular flexibility index (Phi) is 2.22. The van der Waals surface area contributed by atoms with Gasteiger partial charge in [0.1, 0.15) is 11.4 Å². The van der Waals surface area contributed by atoms with Crippen LogP contribution in [0.25, 0.3) is 6.08 Å². The van der Waals surface area contributed by atoms with Crippen molar-refractivity contribution in [2.24, 2.45) is 0 Å². The van der Waals surface area contributed by atoms with Crippen molar-refractivity contribution in [1.82, 2.24) is 0 Å². The molecule has 0 amide bonds. The Balaban J connectivity index is 2.46. The predicted molar refractivity (Wildman–Crippen MR) is 63.9 cm³/mol. The number of rotatable bonds is 1. The van der Waals surface area contributed by atoms with Crippen molar-refractivity contribution in [3.05, 3.63) is 29.3 Å². The molecule has 1 aliphatic heterocycles. The van der Waals surface area contributed by atoms with Crippen LogP contribution in [0.3, 0.4) is 0 Å². The van der Waals surface area contributed by atoms with E-state index in [0.717, 1.165) is 29.0 Å². The van der Waals surface area contributed by atoms with Crippen molar-refractivity contribution >= 4 is 11.8 Å². The first-order valence-electron chi connectivity index (χ1n) is 5.32. The average Bonchev–Trinajstić information content (AvgIpc) is 2.21. The normalized spacial score (nSPS) is 23.4. The third kappa shape index (κ3) is 1.72. The van der Waals surface area contributed by atoms with E-state index in [-0.39, 0.29) is 5.60 Å². The second kappa shape index (κ2) is 3.30. The molecular formula is C13H17NO. The van der Waals surface area contributed by atoms with Crippen molar-refractivity contribution in [3.63, 3.8) is 0 Å². The molecular weight excluding hydrogens is 186 g/mol. The minimum Gasteiger partial charge on any atom is -0.483 e. The van der Waals surface area contributed by atoms with Crippen LogP contribution in [-0.2, 0) is 0 Å². The minimum atomic E-state index is -0.171. The van der Waals surface area contributed by atoms with Gasteiger partial charge in [-0.15, -0.1) is 0 Å². The molecule has 0 fully saturated rings. The molecule has 1 atom stereocenters. The Hall–Kier alpha value is -1.44. The van der Waals surface area contributed by atoms with Crippen LogP contribution in [-0.4, -0.2) is 5.60 Å². The maximum Gasteiger partial charge on any atom is 0.128 e. The summed E-state index contributed by atoms with van der Waals surface area (Å²) in [6.07, 6.45) is 5.16. The molecule has 2 N–H and O–H groups in total. The lowest BCUT2D eigenvalue weighted by molar-refractivity contribution is 0.133. The van der Waals surface area contributed by atoms with E-state index in [0.29, 0.717) is 0 Å². The van der Waals surface area contributed by atoms with Crippen LogP contribution in [0, 0.1) is 6.92 Å². The SMILES string of the molecule is CCC1(C)C=Cc2cc(N)c(C)cc2O1. The van der Waals surface area contributed by atoms with E-state index in [1.54, 1.807) is 0 Å². The van der Waals surface area contributed by atoms with Gasteiger partial charge in [0.25, 0.3) is 0 Å². The first-order chi connectivity index (χ1) is 7.04. The average molecular weight is 203 g/mol. The quantitative estimate of drug-likeness (QED) is 0.711. The molecule has 2 heteroatoms. The second-order valence-electron chi connectivity index (χ2n) is 4.35. The highest BCUT2D eigenvalue weighted by Crippen LogP contribution is 2.35. The van der Waals surface area contributed by atoms with Gasteiger partial charge in [-0.3, -0.25) is 0 Å². The Morgan fingerprint density at radius 1 is 1.40 bits per heavy atom. The first kappa shape index (κ1) is 10.1. The first-order valence-corrected chi connectivity index (χ1v) is 5.32. The molecule has 0 bridgehead atoms. The summed E-state index contributed by atoms with van der Waals surface area (Å²) in [6, 6.07) is 3.98. The Morgan fingerprint density at radius 2 is 2.13 bits per heavy atom. The lowest BCUT2D eigenvalue weighted by atomic mass is 9.97. The number of nitrogen functional groups attached to an aromatic ring is 1. The van der Waals surface area contributed by atoms with E-state index < -0.39 is 0 Å². The zero-order valence-corrected chi connectivity index (χ0v) is 9.50. The van der Waals surface area contributed by atoms with Crippen molar-refractivity contribution in [3.8, 4) is 5.75 Å². The summed E-state index contributed by atoms with van der Waals surface area (Å²) in [5, 5.41) is 0. The molecule has 80 valence electrons. The van der Waals surface area contributed by atoms with Gasteiger partial charge in [-0.25, -0.2) is 0 Å². The van der Waals surface area contributed by atoms with Gasteiger partial charge in [0.15, 0.2) is 0 Å². The van der Waals surface area contributed by atoms with Gasteiger partial charge in [0, 0.05) is 11.3 Å². The van der Waals surface area contributed by atoms with Crippen LogP contribution in [0.1, 0.15) is 31.4 Å². The van der Waals surface area contributed by atoms with Crippen LogP contribution in [0.2, 0.25) is 0 Å². The fourth-order valence-corrected chi connectivity index (χ4v) is 1.68. The molecule has 1 aliphatic rings. The van der Waals surface area contributed by atoms with Gasteiger partial charge in [-0.05, 0) is 44.0 Å². The molecule has 0 saturated carbocycles. The van der Waals surface area contributed by atoms with E-state index in [4.69, 9.17) is 10.5 Å². The van der Waals surface area contributed by atoms with Crippen LogP contribution in [0.5, 0.6) is 5.75 Å². The number of fused-ring (bicyclic) bond motifs is 1. The fraction of sp³-hybridized carbons (Fsp3) is 0.385. The Labute approximate surface area is 90.7 Å². The molecule has 0 aromatic heterocycles. The van der Waals surface area contributed by atoms with E-state index in [1.165, 1.54) is 0 Å². The molecule has 1 aromatic rings. The number of aryl methyl sites for hydroxylation is 1. The summed E-state index contributed by atoms with van der Waals surface area (Å²) in [5.41, 5.74) is 8.65. The Bertz CT molecular complexity index is 423. The van der Waals surface area contributed by atoms with Gasteiger partial charge in [-0.2, -0.15) is 0 Å². The van der Waals surface area contributed by atoms with Gasteiger partial charge in [0.05, 0.1) is 0 Å². The second-order valence-corrected chi connectivity index (χ2v) is 4.35.